The van der Waals surface area contributed by atoms with Gasteiger partial charge in [0.05, 0.1) is 33.0 Å². The summed E-state index contributed by atoms with van der Waals surface area (Å²) >= 11 is 0. The number of methoxy groups -OCH3 is 1. The fraction of sp³-hybridized carbons (Fsp3) is 0.611. The van der Waals surface area contributed by atoms with Crippen LogP contribution >= 0.6 is 0 Å². The summed E-state index contributed by atoms with van der Waals surface area (Å²) in [6.07, 6.45) is -4.31. The lowest BCUT2D eigenvalue weighted by molar-refractivity contribution is -0.176. The Morgan fingerprint density at radius 2 is 1.70 bits per heavy atom. The number of alkyl halides is 3. The molecule has 0 spiro atoms. The lowest BCUT2D eigenvalue weighted by Crippen LogP contribution is -2.39. The van der Waals surface area contributed by atoms with Crippen LogP contribution < -0.4 is 10.6 Å². The van der Waals surface area contributed by atoms with Crippen LogP contribution in [-0.2, 0) is 27.4 Å². The Hall–Kier alpha value is -1.84. The number of hydrogen-bond donors (Lipinski definition) is 2. The number of benzene rings is 1. The van der Waals surface area contributed by atoms with E-state index in [9.17, 15) is 13.2 Å². The molecule has 0 aliphatic carbocycles. The zero-order valence-electron chi connectivity index (χ0n) is 15.8. The Morgan fingerprint density at radius 1 is 1.00 bits per heavy atom. The molecule has 1 rings (SSSR count). The van der Waals surface area contributed by atoms with Crippen molar-refractivity contribution in [1.29, 1.82) is 0 Å². The maximum Gasteiger partial charge on any atom is 0.411 e. The Balaban J connectivity index is 2.39. The molecule has 0 fully saturated rings. The maximum absolute atomic E-state index is 12.1. The molecule has 0 saturated heterocycles. The van der Waals surface area contributed by atoms with Gasteiger partial charge in [0.1, 0.15) is 6.61 Å². The van der Waals surface area contributed by atoms with Gasteiger partial charge in [0, 0.05) is 20.2 Å². The monoisotopic (exact) mass is 391 g/mol. The largest absolute Gasteiger partial charge is 0.411 e. The first kappa shape index (κ1) is 23.2. The van der Waals surface area contributed by atoms with Crippen molar-refractivity contribution in [2.24, 2.45) is 4.99 Å². The van der Waals surface area contributed by atoms with E-state index in [1.165, 1.54) is 0 Å². The van der Waals surface area contributed by atoms with Gasteiger partial charge in [0.2, 0.25) is 0 Å². The zero-order chi connectivity index (χ0) is 20.0. The third kappa shape index (κ3) is 12.2. The van der Waals surface area contributed by atoms with Gasteiger partial charge >= 0.3 is 6.18 Å². The van der Waals surface area contributed by atoms with Crippen LogP contribution in [0, 0.1) is 0 Å². The van der Waals surface area contributed by atoms with Crippen LogP contribution in [0.1, 0.15) is 18.1 Å². The number of halogens is 3. The topological polar surface area (TPSA) is 64.1 Å². The first-order valence-electron chi connectivity index (χ1n) is 8.75. The third-order valence-electron chi connectivity index (χ3n) is 3.29. The van der Waals surface area contributed by atoms with E-state index in [-0.39, 0.29) is 6.61 Å². The van der Waals surface area contributed by atoms with Crippen LogP contribution in [0.2, 0.25) is 0 Å². The van der Waals surface area contributed by atoms with Crippen LogP contribution in [-0.4, -0.2) is 58.8 Å². The lowest BCUT2D eigenvalue weighted by Gasteiger charge is -2.11. The second kappa shape index (κ2) is 13.3. The first-order valence-corrected chi connectivity index (χ1v) is 8.75. The molecule has 0 unspecified atom stereocenters. The minimum absolute atomic E-state index is 0.0731. The predicted octanol–water partition coefficient (Wildman–Crippen LogP) is 2.48. The summed E-state index contributed by atoms with van der Waals surface area (Å²) < 4.78 is 51.1. The van der Waals surface area contributed by atoms with E-state index in [4.69, 9.17) is 9.47 Å². The molecule has 0 aromatic heterocycles. The van der Waals surface area contributed by atoms with Gasteiger partial charge in [0.25, 0.3) is 0 Å². The van der Waals surface area contributed by atoms with Crippen molar-refractivity contribution in [2.45, 2.75) is 26.3 Å². The molecule has 0 bridgehead atoms. The van der Waals surface area contributed by atoms with Gasteiger partial charge in [-0.3, -0.25) is 0 Å². The van der Waals surface area contributed by atoms with Gasteiger partial charge in [-0.1, -0.05) is 24.3 Å². The average molecular weight is 391 g/mol. The molecular formula is C18H28F3N3O3. The van der Waals surface area contributed by atoms with Crippen molar-refractivity contribution >= 4 is 5.96 Å². The van der Waals surface area contributed by atoms with Gasteiger partial charge in [-0.2, -0.15) is 13.2 Å². The van der Waals surface area contributed by atoms with Crippen molar-refractivity contribution in [2.75, 3.05) is 46.6 Å². The van der Waals surface area contributed by atoms with Crippen molar-refractivity contribution in [3.8, 4) is 0 Å². The number of ether oxygens (including phenoxy) is 3. The highest BCUT2D eigenvalue weighted by molar-refractivity contribution is 5.79. The summed E-state index contributed by atoms with van der Waals surface area (Å²) in [4.78, 5) is 4.48. The highest BCUT2D eigenvalue weighted by Crippen LogP contribution is 2.16. The molecule has 0 atom stereocenters. The van der Waals surface area contributed by atoms with Crippen LogP contribution in [0.25, 0.3) is 0 Å². The number of rotatable bonds is 12. The van der Waals surface area contributed by atoms with Crippen LogP contribution in [0.5, 0.6) is 0 Å². The molecule has 154 valence electrons. The van der Waals surface area contributed by atoms with E-state index in [2.05, 4.69) is 20.4 Å². The Morgan fingerprint density at radius 3 is 2.33 bits per heavy atom. The van der Waals surface area contributed by atoms with Crippen LogP contribution in [0.4, 0.5) is 13.2 Å². The minimum Gasteiger partial charge on any atom is -0.382 e. The molecule has 2 N–H and O–H groups in total. The Kier molecular flexibility index (Phi) is 11.5. The highest BCUT2D eigenvalue weighted by atomic mass is 19.4. The average Bonchev–Trinajstić information content (AvgIpc) is 2.62. The molecule has 9 heteroatoms. The number of guanidine groups is 1. The molecule has 0 heterocycles. The number of hydrogen-bond acceptors (Lipinski definition) is 4. The molecule has 0 aliphatic rings. The zero-order valence-corrected chi connectivity index (χ0v) is 15.8. The third-order valence-corrected chi connectivity index (χ3v) is 3.29. The second-order valence-electron chi connectivity index (χ2n) is 5.65. The van der Waals surface area contributed by atoms with Crippen molar-refractivity contribution in [3.63, 3.8) is 0 Å². The molecule has 27 heavy (non-hydrogen) atoms. The van der Waals surface area contributed by atoms with Gasteiger partial charge in [-0.15, -0.1) is 0 Å². The molecule has 0 aliphatic heterocycles. The molecule has 0 saturated carbocycles. The maximum atomic E-state index is 12.1. The quantitative estimate of drug-likeness (QED) is 0.326. The highest BCUT2D eigenvalue weighted by Gasteiger charge is 2.27. The van der Waals surface area contributed by atoms with E-state index in [1.807, 2.05) is 19.1 Å². The fourth-order valence-corrected chi connectivity index (χ4v) is 2.02. The van der Waals surface area contributed by atoms with E-state index < -0.39 is 12.8 Å². The standard InChI is InChI=1S/C18H28F3N3O3/c1-3-22-17(23-8-9-26-11-10-25-2)24-12-15-4-6-16(7-5-15)13-27-14-18(19,20)21/h4-7H,3,8-14H2,1-2H3,(H2,22,23,24). The summed E-state index contributed by atoms with van der Waals surface area (Å²) in [5, 5.41) is 6.31. The lowest BCUT2D eigenvalue weighted by atomic mass is 10.1. The molecule has 0 amide bonds. The smallest absolute Gasteiger partial charge is 0.382 e. The van der Waals surface area contributed by atoms with Crippen LogP contribution in [0.15, 0.2) is 29.3 Å². The van der Waals surface area contributed by atoms with E-state index >= 15 is 0 Å². The minimum atomic E-state index is -4.31. The fourth-order valence-electron chi connectivity index (χ4n) is 2.02. The van der Waals surface area contributed by atoms with E-state index in [0.717, 1.165) is 12.1 Å². The summed E-state index contributed by atoms with van der Waals surface area (Å²) in [6, 6.07) is 7.14. The SMILES string of the molecule is CCNC(=NCc1ccc(COCC(F)(F)F)cc1)NCCOCCOC. The normalized spacial score (nSPS) is 12.3. The van der Waals surface area contributed by atoms with Gasteiger partial charge in [0.15, 0.2) is 5.96 Å². The number of nitrogens with zero attached hydrogens (tertiary/aromatic N) is 1. The predicted molar refractivity (Wildman–Crippen MR) is 97.7 cm³/mol. The first-order chi connectivity index (χ1) is 12.9. The van der Waals surface area contributed by atoms with E-state index in [0.29, 0.717) is 44.4 Å². The van der Waals surface area contributed by atoms with Crippen molar-refractivity contribution in [3.05, 3.63) is 35.4 Å². The van der Waals surface area contributed by atoms with Crippen LogP contribution in [0.3, 0.4) is 0 Å². The second-order valence-corrected chi connectivity index (χ2v) is 5.65. The van der Waals surface area contributed by atoms with E-state index in [1.54, 1.807) is 19.2 Å². The summed E-state index contributed by atoms with van der Waals surface area (Å²) in [5.74, 6) is 0.672. The van der Waals surface area contributed by atoms with Gasteiger partial charge < -0.3 is 24.8 Å². The number of aliphatic imine (C=N–C) groups is 1. The molecule has 0 radical (unpaired) electrons. The summed E-state index contributed by atoms with van der Waals surface area (Å²) in [6.45, 7) is 4.10. The molecule has 1 aromatic rings. The molecule has 6 nitrogen and oxygen atoms in total. The van der Waals surface area contributed by atoms with Crippen molar-refractivity contribution in [1.82, 2.24) is 10.6 Å². The Labute approximate surface area is 158 Å². The van der Waals surface area contributed by atoms with Crippen molar-refractivity contribution < 1.29 is 27.4 Å². The summed E-state index contributed by atoms with van der Waals surface area (Å²) in [7, 11) is 1.62. The Bertz CT molecular complexity index is 537. The summed E-state index contributed by atoms with van der Waals surface area (Å²) in [5.41, 5.74) is 1.63. The molecular weight excluding hydrogens is 363 g/mol. The van der Waals surface area contributed by atoms with Gasteiger partial charge in [-0.25, -0.2) is 4.99 Å². The van der Waals surface area contributed by atoms with Gasteiger partial charge in [-0.05, 0) is 18.1 Å². The number of nitrogens with one attached hydrogen (secondary N) is 2. The molecule has 1 aromatic carbocycles.